The molecule has 0 atom stereocenters. The number of methoxy groups -OCH3 is 1. The van der Waals surface area contributed by atoms with E-state index in [0.717, 1.165) is 25.7 Å². The van der Waals surface area contributed by atoms with Crippen LogP contribution in [0.25, 0.3) is 5.95 Å². The summed E-state index contributed by atoms with van der Waals surface area (Å²) in [5.74, 6) is 0.269. The topological polar surface area (TPSA) is 81.9 Å². The molecule has 1 amide bonds. The molecule has 2 aromatic heterocycles. The number of amides is 1. The van der Waals surface area contributed by atoms with Crippen LogP contribution in [0.5, 0.6) is 0 Å². The summed E-state index contributed by atoms with van der Waals surface area (Å²) < 4.78 is 7.20. The lowest BCUT2D eigenvalue weighted by Crippen LogP contribution is -2.43. The Labute approximate surface area is 135 Å². The van der Waals surface area contributed by atoms with E-state index in [1.54, 1.807) is 42.7 Å². The first-order chi connectivity index (χ1) is 11.1. The van der Waals surface area contributed by atoms with Crippen LogP contribution in [0, 0.1) is 0 Å². The number of nitrogens with one attached hydrogen (secondary N) is 1. The lowest BCUT2D eigenvalue weighted by atomic mass is 9.83. The average molecular weight is 315 g/mol. The SMILES string of the molecule is CO[C@]1(C)CC[C@@H](NC(=O)c2ccnc(-n3ccnc3)n2)CC1. The summed E-state index contributed by atoms with van der Waals surface area (Å²) in [5, 5.41) is 3.06. The van der Waals surface area contributed by atoms with Crippen molar-refractivity contribution in [1.29, 1.82) is 0 Å². The molecule has 0 spiro atoms. The van der Waals surface area contributed by atoms with Gasteiger partial charge in [0.05, 0.1) is 5.60 Å². The number of aromatic nitrogens is 4. The third-order valence-corrected chi connectivity index (χ3v) is 4.48. The van der Waals surface area contributed by atoms with Gasteiger partial charge in [-0.3, -0.25) is 9.36 Å². The highest BCUT2D eigenvalue weighted by atomic mass is 16.5. The molecule has 1 saturated carbocycles. The second kappa shape index (κ2) is 6.45. The molecule has 0 saturated heterocycles. The summed E-state index contributed by atoms with van der Waals surface area (Å²) in [6.45, 7) is 2.12. The van der Waals surface area contributed by atoms with Gasteiger partial charge in [0, 0.05) is 31.7 Å². The second-order valence-electron chi connectivity index (χ2n) is 6.11. The highest BCUT2D eigenvalue weighted by Crippen LogP contribution is 2.30. The largest absolute Gasteiger partial charge is 0.379 e. The monoisotopic (exact) mass is 315 g/mol. The molecule has 1 N–H and O–H groups in total. The summed E-state index contributed by atoms with van der Waals surface area (Å²) >= 11 is 0. The van der Waals surface area contributed by atoms with Crippen molar-refractivity contribution in [3.63, 3.8) is 0 Å². The zero-order valence-corrected chi connectivity index (χ0v) is 13.4. The Balaban J connectivity index is 1.64. The molecule has 2 aromatic rings. The van der Waals surface area contributed by atoms with E-state index in [1.807, 2.05) is 0 Å². The van der Waals surface area contributed by atoms with Crippen molar-refractivity contribution >= 4 is 5.91 Å². The maximum Gasteiger partial charge on any atom is 0.270 e. The number of hydrogen-bond acceptors (Lipinski definition) is 5. The van der Waals surface area contributed by atoms with Crippen molar-refractivity contribution in [1.82, 2.24) is 24.8 Å². The zero-order chi connectivity index (χ0) is 16.3. The molecule has 0 bridgehead atoms. The number of hydrogen-bond donors (Lipinski definition) is 1. The Hall–Kier alpha value is -2.28. The van der Waals surface area contributed by atoms with Gasteiger partial charge in [-0.1, -0.05) is 0 Å². The minimum atomic E-state index is -0.167. The normalized spacial score (nSPS) is 24.3. The predicted molar refractivity (Wildman–Crippen MR) is 84.3 cm³/mol. The van der Waals surface area contributed by atoms with E-state index in [0.29, 0.717) is 11.6 Å². The van der Waals surface area contributed by atoms with E-state index in [2.05, 4.69) is 27.2 Å². The summed E-state index contributed by atoms with van der Waals surface area (Å²) in [7, 11) is 1.75. The van der Waals surface area contributed by atoms with Crippen LogP contribution in [0.1, 0.15) is 43.1 Å². The highest BCUT2D eigenvalue weighted by Gasteiger charge is 2.31. The van der Waals surface area contributed by atoms with Gasteiger partial charge >= 0.3 is 0 Å². The molecular weight excluding hydrogens is 294 g/mol. The standard InChI is InChI=1S/C16H21N5O2/c1-16(23-2)6-3-12(4-7-16)19-14(22)13-5-8-18-15(20-13)21-10-9-17-11-21/h5,8-12H,3-4,6-7H2,1-2H3,(H,19,22)/t12-,16-. The van der Waals surface area contributed by atoms with E-state index >= 15 is 0 Å². The third-order valence-electron chi connectivity index (χ3n) is 4.48. The summed E-state index contributed by atoms with van der Waals surface area (Å²) in [6.07, 6.45) is 10.3. The molecule has 0 aliphatic heterocycles. The van der Waals surface area contributed by atoms with Crippen LogP contribution in [-0.2, 0) is 4.74 Å². The van der Waals surface area contributed by atoms with E-state index in [1.165, 1.54) is 0 Å². The van der Waals surface area contributed by atoms with Gasteiger partial charge in [0.25, 0.3) is 5.91 Å². The lowest BCUT2D eigenvalue weighted by molar-refractivity contribution is -0.0287. The minimum Gasteiger partial charge on any atom is -0.379 e. The van der Waals surface area contributed by atoms with Gasteiger partial charge in [-0.25, -0.2) is 15.0 Å². The van der Waals surface area contributed by atoms with Gasteiger partial charge < -0.3 is 10.1 Å². The summed E-state index contributed by atoms with van der Waals surface area (Å²) in [6, 6.07) is 1.79. The first-order valence-corrected chi connectivity index (χ1v) is 7.77. The van der Waals surface area contributed by atoms with Gasteiger partial charge in [-0.2, -0.15) is 0 Å². The Morgan fingerprint density at radius 2 is 2.17 bits per heavy atom. The highest BCUT2D eigenvalue weighted by molar-refractivity contribution is 5.92. The van der Waals surface area contributed by atoms with Gasteiger partial charge in [0.2, 0.25) is 5.95 Å². The van der Waals surface area contributed by atoms with Crippen molar-refractivity contribution in [3.05, 3.63) is 36.7 Å². The minimum absolute atomic E-state index is 0.0647. The van der Waals surface area contributed by atoms with Crippen LogP contribution >= 0.6 is 0 Å². The molecule has 2 heterocycles. The lowest BCUT2D eigenvalue weighted by Gasteiger charge is -2.36. The quantitative estimate of drug-likeness (QED) is 0.929. The third kappa shape index (κ3) is 3.56. The maximum atomic E-state index is 12.4. The van der Waals surface area contributed by atoms with Crippen molar-refractivity contribution in [2.24, 2.45) is 0 Å². The van der Waals surface area contributed by atoms with Gasteiger partial charge in [0.15, 0.2) is 0 Å². The molecule has 122 valence electrons. The van der Waals surface area contributed by atoms with Crippen molar-refractivity contribution in [2.75, 3.05) is 7.11 Å². The van der Waals surface area contributed by atoms with Crippen LogP contribution in [0.2, 0.25) is 0 Å². The molecule has 0 unspecified atom stereocenters. The van der Waals surface area contributed by atoms with E-state index in [9.17, 15) is 4.79 Å². The first-order valence-electron chi connectivity index (χ1n) is 7.77. The smallest absolute Gasteiger partial charge is 0.270 e. The summed E-state index contributed by atoms with van der Waals surface area (Å²) in [4.78, 5) is 24.8. The van der Waals surface area contributed by atoms with Gasteiger partial charge in [-0.05, 0) is 38.7 Å². The van der Waals surface area contributed by atoms with Crippen molar-refractivity contribution in [2.45, 2.75) is 44.2 Å². The number of rotatable bonds is 4. The Morgan fingerprint density at radius 1 is 1.39 bits per heavy atom. The number of nitrogens with zero attached hydrogens (tertiary/aromatic N) is 4. The fraction of sp³-hybridized carbons (Fsp3) is 0.500. The van der Waals surface area contributed by atoms with Crippen molar-refractivity contribution in [3.8, 4) is 5.95 Å². The number of carbonyl (C=O) groups is 1. The Bertz CT molecular complexity index is 663. The van der Waals surface area contributed by atoms with E-state index in [4.69, 9.17) is 4.74 Å². The molecule has 1 aliphatic rings. The first kappa shape index (κ1) is 15.6. The zero-order valence-electron chi connectivity index (χ0n) is 13.4. The predicted octanol–water partition coefficient (Wildman–Crippen LogP) is 1.74. The molecule has 7 nitrogen and oxygen atoms in total. The average Bonchev–Trinajstić information content (AvgIpc) is 3.12. The fourth-order valence-corrected chi connectivity index (χ4v) is 2.81. The van der Waals surface area contributed by atoms with Crippen LogP contribution in [-0.4, -0.2) is 44.2 Å². The molecular formula is C16H21N5O2. The summed E-state index contributed by atoms with van der Waals surface area (Å²) in [5.41, 5.74) is 0.300. The Morgan fingerprint density at radius 3 is 2.83 bits per heavy atom. The van der Waals surface area contributed by atoms with E-state index < -0.39 is 0 Å². The molecule has 0 radical (unpaired) electrons. The number of ether oxygens (including phenoxy) is 1. The molecule has 0 aromatic carbocycles. The van der Waals surface area contributed by atoms with Crippen LogP contribution in [0.4, 0.5) is 0 Å². The number of carbonyl (C=O) groups excluding carboxylic acids is 1. The number of imidazole rings is 1. The molecule has 1 fully saturated rings. The molecule has 23 heavy (non-hydrogen) atoms. The maximum absolute atomic E-state index is 12.4. The van der Waals surface area contributed by atoms with Gasteiger partial charge in [-0.15, -0.1) is 0 Å². The molecule has 7 heteroatoms. The molecule has 3 rings (SSSR count). The van der Waals surface area contributed by atoms with Crippen LogP contribution < -0.4 is 5.32 Å². The van der Waals surface area contributed by atoms with Crippen molar-refractivity contribution < 1.29 is 9.53 Å². The van der Waals surface area contributed by atoms with Crippen LogP contribution in [0.15, 0.2) is 31.0 Å². The van der Waals surface area contributed by atoms with Gasteiger partial charge in [0.1, 0.15) is 12.0 Å². The second-order valence-corrected chi connectivity index (χ2v) is 6.11. The van der Waals surface area contributed by atoms with E-state index in [-0.39, 0.29) is 17.6 Å². The fourth-order valence-electron chi connectivity index (χ4n) is 2.81. The molecule has 1 aliphatic carbocycles. The Kier molecular flexibility index (Phi) is 4.38. The van der Waals surface area contributed by atoms with Crippen LogP contribution in [0.3, 0.4) is 0 Å².